The molecule has 1 amide bonds. The molecular formula is C22H22ClN5O3. The van der Waals surface area contributed by atoms with Crippen LogP contribution in [0.15, 0.2) is 53.7 Å². The van der Waals surface area contributed by atoms with Crippen LogP contribution in [0.4, 0.5) is 5.95 Å². The number of primary amides is 1. The fourth-order valence-electron chi connectivity index (χ4n) is 3.66. The lowest BCUT2D eigenvalue weighted by atomic mass is 9.95. The molecule has 0 fully saturated rings. The second kappa shape index (κ2) is 8.31. The van der Waals surface area contributed by atoms with Crippen molar-refractivity contribution in [3.63, 3.8) is 0 Å². The number of carbonyl (C=O) groups excluding carboxylic acids is 1. The van der Waals surface area contributed by atoms with Gasteiger partial charge in [-0.05, 0) is 43.7 Å². The first kappa shape index (κ1) is 20.7. The molecule has 0 saturated heterocycles. The average molecular weight is 440 g/mol. The van der Waals surface area contributed by atoms with Gasteiger partial charge >= 0.3 is 0 Å². The van der Waals surface area contributed by atoms with Crippen LogP contribution < -0.4 is 20.5 Å². The quantitative estimate of drug-likeness (QED) is 0.605. The normalized spacial score (nSPS) is 15.3. The zero-order valence-corrected chi connectivity index (χ0v) is 18.1. The Kier molecular flexibility index (Phi) is 5.56. The van der Waals surface area contributed by atoms with Gasteiger partial charge < -0.3 is 20.5 Å². The number of fused-ring (bicyclic) bond motifs is 1. The largest absolute Gasteiger partial charge is 0.493 e. The van der Waals surface area contributed by atoms with Crippen LogP contribution in [-0.2, 0) is 4.79 Å². The molecule has 0 aliphatic carbocycles. The number of nitrogens with zero attached hydrogens (tertiary/aromatic N) is 3. The molecule has 8 nitrogen and oxygen atoms in total. The van der Waals surface area contributed by atoms with Crippen molar-refractivity contribution in [1.82, 2.24) is 14.8 Å². The molecule has 160 valence electrons. The van der Waals surface area contributed by atoms with Gasteiger partial charge in [-0.25, -0.2) is 4.68 Å². The van der Waals surface area contributed by atoms with E-state index in [0.29, 0.717) is 51.7 Å². The standard InChI is InChI=1S/C22H22ClN5O3/c1-4-31-16-10-9-13(11-17(16)30-3)19-18(20(24)29)12(2)25-22-26-21(27-28(19)22)14-7-5-6-8-15(14)23/h5-11,19H,4H2,1-3H3,(H2,24,29)(H,25,26,27)/t19-/m0/s1. The summed E-state index contributed by atoms with van der Waals surface area (Å²) in [5, 5.41) is 8.33. The first-order valence-electron chi connectivity index (χ1n) is 9.74. The molecule has 9 heteroatoms. The fourth-order valence-corrected chi connectivity index (χ4v) is 3.88. The number of nitrogens with one attached hydrogen (secondary N) is 1. The molecule has 2 heterocycles. The van der Waals surface area contributed by atoms with Crippen LogP contribution in [0.5, 0.6) is 11.5 Å². The van der Waals surface area contributed by atoms with Gasteiger partial charge in [0.05, 0.1) is 24.3 Å². The van der Waals surface area contributed by atoms with E-state index in [1.165, 1.54) is 0 Å². The van der Waals surface area contributed by atoms with Crippen molar-refractivity contribution in [2.75, 3.05) is 19.0 Å². The van der Waals surface area contributed by atoms with E-state index in [-0.39, 0.29) is 0 Å². The van der Waals surface area contributed by atoms with E-state index in [1.54, 1.807) is 30.8 Å². The summed E-state index contributed by atoms with van der Waals surface area (Å²) in [6, 6.07) is 12.2. The minimum absolute atomic E-state index is 0.384. The van der Waals surface area contributed by atoms with E-state index < -0.39 is 11.9 Å². The minimum Gasteiger partial charge on any atom is -0.493 e. The van der Waals surface area contributed by atoms with E-state index in [2.05, 4.69) is 15.4 Å². The van der Waals surface area contributed by atoms with Crippen LogP contribution in [0.3, 0.4) is 0 Å². The molecule has 0 saturated carbocycles. The molecule has 2 aromatic carbocycles. The lowest BCUT2D eigenvalue weighted by Crippen LogP contribution is -2.31. The van der Waals surface area contributed by atoms with Gasteiger partial charge in [-0.15, -0.1) is 5.10 Å². The summed E-state index contributed by atoms with van der Waals surface area (Å²) in [7, 11) is 1.57. The first-order valence-corrected chi connectivity index (χ1v) is 10.1. The summed E-state index contributed by atoms with van der Waals surface area (Å²) in [6.45, 7) is 4.19. The Bertz CT molecular complexity index is 1190. The van der Waals surface area contributed by atoms with Crippen LogP contribution >= 0.6 is 11.6 Å². The van der Waals surface area contributed by atoms with E-state index in [4.69, 9.17) is 26.8 Å². The molecule has 1 aliphatic rings. The molecule has 3 N–H and O–H groups in total. The molecule has 3 aromatic rings. The number of ether oxygens (including phenoxy) is 2. The number of aromatic nitrogens is 3. The molecule has 1 atom stereocenters. The number of amides is 1. The summed E-state index contributed by atoms with van der Waals surface area (Å²) >= 11 is 6.35. The van der Waals surface area contributed by atoms with Gasteiger partial charge in [0.2, 0.25) is 11.9 Å². The van der Waals surface area contributed by atoms with Gasteiger partial charge in [0.25, 0.3) is 0 Å². The number of allylic oxidation sites excluding steroid dienone is 1. The zero-order valence-electron chi connectivity index (χ0n) is 17.3. The Hall–Kier alpha value is -3.52. The van der Waals surface area contributed by atoms with E-state index in [9.17, 15) is 4.79 Å². The van der Waals surface area contributed by atoms with E-state index in [0.717, 1.165) is 5.56 Å². The first-order chi connectivity index (χ1) is 14.9. The van der Waals surface area contributed by atoms with Crippen LogP contribution in [0.25, 0.3) is 11.4 Å². The van der Waals surface area contributed by atoms with Crippen molar-refractivity contribution in [3.05, 3.63) is 64.3 Å². The Morgan fingerprint density at radius 2 is 2.03 bits per heavy atom. The third kappa shape index (κ3) is 3.70. The molecule has 1 aliphatic heterocycles. The van der Waals surface area contributed by atoms with Crippen LogP contribution in [0.2, 0.25) is 5.02 Å². The maximum atomic E-state index is 12.4. The van der Waals surface area contributed by atoms with Crippen molar-refractivity contribution in [3.8, 4) is 22.9 Å². The molecule has 0 spiro atoms. The number of methoxy groups -OCH3 is 1. The summed E-state index contributed by atoms with van der Waals surface area (Å²) < 4.78 is 12.8. The summed E-state index contributed by atoms with van der Waals surface area (Å²) in [5.74, 6) is 1.53. The van der Waals surface area contributed by atoms with Gasteiger partial charge in [-0.3, -0.25) is 4.79 Å². The van der Waals surface area contributed by atoms with Crippen molar-refractivity contribution in [2.24, 2.45) is 5.73 Å². The molecular weight excluding hydrogens is 418 g/mol. The predicted octanol–water partition coefficient (Wildman–Crippen LogP) is 3.78. The van der Waals surface area contributed by atoms with Crippen LogP contribution in [-0.4, -0.2) is 34.4 Å². The van der Waals surface area contributed by atoms with Gasteiger partial charge in [-0.1, -0.05) is 29.8 Å². The topological polar surface area (TPSA) is 104 Å². The third-order valence-electron chi connectivity index (χ3n) is 5.04. The number of hydrogen-bond donors (Lipinski definition) is 2. The Morgan fingerprint density at radius 1 is 1.26 bits per heavy atom. The van der Waals surface area contributed by atoms with Crippen LogP contribution in [0, 0.1) is 0 Å². The van der Waals surface area contributed by atoms with Gasteiger partial charge in [0, 0.05) is 11.3 Å². The lowest BCUT2D eigenvalue weighted by molar-refractivity contribution is -0.115. The third-order valence-corrected chi connectivity index (χ3v) is 5.37. The molecule has 0 radical (unpaired) electrons. The highest BCUT2D eigenvalue weighted by molar-refractivity contribution is 6.33. The number of nitrogens with two attached hydrogens (primary N) is 1. The van der Waals surface area contributed by atoms with E-state index >= 15 is 0 Å². The SMILES string of the molecule is CCOc1ccc([C@H]2C(C(N)=O)=C(C)Nc3nc(-c4ccccc4Cl)nn32)cc1OC. The highest BCUT2D eigenvalue weighted by Gasteiger charge is 2.34. The molecule has 1 aromatic heterocycles. The van der Waals surface area contributed by atoms with Gasteiger partial charge in [0.15, 0.2) is 17.3 Å². The minimum atomic E-state index is -0.595. The Labute approximate surface area is 184 Å². The highest BCUT2D eigenvalue weighted by Crippen LogP contribution is 2.39. The molecule has 4 rings (SSSR count). The molecule has 0 bridgehead atoms. The maximum absolute atomic E-state index is 12.4. The monoisotopic (exact) mass is 439 g/mol. The highest BCUT2D eigenvalue weighted by atomic mass is 35.5. The number of benzene rings is 2. The van der Waals surface area contributed by atoms with Crippen molar-refractivity contribution < 1.29 is 14.3 Å². The van der Waals surface area contributed by atoms with Crippen molar-refractivity contribution in [1.29, 1.82) is 0 Å². The number of anilines is 1. The summed E-state index contributed by atoms with van der Waals surface area (Å²) in [6.07, 6.45) is 0. The van der Waals surface area contributed by atoms with Crippen molar-refractivity contribution >= 4 is 23.5 Å². The van der Waals surface area contributed by atoms with Crippen molar-refractivity contribution in [2.45, 2.75) is 19.9 Å². The number of rotatable bonds is 6. The number of hydrogen-bond acceptors (Lipinski definition) is 6. The number of halogens is 1. The summed E-state index contributed by atoms with van der Waals surface area (Å²) in [5.41, 5.74) is 8.19. The smallest absolute Gasteiger partial charge is 0.248 e. The van der Waals surface area contributed by atoms with Gasteiger partial charge in [-0.2, -0.15) is 4.98 Å². The number of carbonyl (C=O) groups is 1. The molecule has 0 unspecified atom stereocenters. The van der Waals surface area contributed by atoms with Gasteiger partial charge in [0.1, 0.15) is 6.04 Å². The Morgan fingerprint density at radius 3 is 2.71 bits per heavy atom. The lowest BCUT2D eigenvalue weighted by Gasteiger charge is -2.28. The van der Waals surface area contributed by atoms with Crippen LogP contribution in [0.1, 0.15) is 25.5 Å². The molecule has 31 heavy (non-hydrogen) atoms. The van der Waals surface area contributed by atoms with E-state index in [1.807, 2.05) is 37.3 Å². The predicted molar refractivity (Wildman–Crippen MR) is 118 cm³/mol. The zero-order chi connectivity index (χ0) is 22.1. The maximum Gasteiger partial charge on any atom is 0.248 e. The second-order valence-corrected chi connectivity index (χ2v) is 7.36. The fraction of sp³-hybridized carbons (Fsp3) is 0.227. The Balaban J connectivity index is 1.88. The average Bonchev–Trinajstić information content (AvgIpc) is 3.16. The second-order valence-electron chi connectivity index (χ2n) is 6.96. The summed E-state index contributed by atoms with van der Waals surface area (Å²) in [4.78, 5) is 17.0.